The quantitative estimate of drug-likeness (QED) is 0.477. The molecule has 0 aromatic heterocycles. The van der Waals surface area contributed by atoms with Gasteiger partial charge >= 0.3 is 0 Å². The SMILES string of the molecule is CCCNC(N)=NCC1COc2ccccc2O1.I. The Hall–Kier alpha value is -1.18. The standard InChI is InChI=1S/C13H19N3O2.HI/c1-2-7-15-13(14)16-8-10-9-17-11-5-3-4-6-12(11)18-10;/h3-6,10H,2,7-9H2,1H3,(H3,14,15,16);1H. The van der Waals surface area contributed by atoms with Gasteiger partial charge in [-0.3, -0.25) is 0 Å². The topological polar surface area (TPSA) is 68.9 Å². The highest BCUT2D eigenvalue weighted by Crippen LogP contribution is 2.30. The lowest BCUT2D eigenvalue weighted by molar-refractivity contribution is 0.0972. The Morgan fingerprint density at radius 1 is 1.42 bits per heavy atom. The molecule has 2 rings (SSSR count). The molecule has 0 aliphatic carbocycles. The third kappa shape index (κ3) is 4.77. The van der Waals surface area contributed by atoms with Crippen molar-refractivity contribution in [2.24, 2.45) is 10.7 Å². The number of guanidine groups is 1. The Morgan fingerprint density at radius 2 is 2.16 bits per heavy atom. The average molecular weight is 377 g/mol. The summed E-state index contributed by atoms with van der Waals surface area (Å²) in [6.45, 7) is 3.91. The van der Waals surface area contributed by atoms with Crippen molar-refractivity contribution in [3.8, 4) is 11.5 Å². The molecule has 5 nitrogen and oxygen atoms in total. The Morgan fingerprint density at radius 3 is 2.89 bits per heavy atom. The molecule has 0 bridgehead atoms. The predicted octanol–water partition coefficient (Wildman–Crippen LogP) is 1.76. The van der Waals surface area contributed by atoms with E-state index in [-0.39, 0.29) is 30.1 Å². The summed E-state index contributed by atoms with van der Waals surface area (Å²) in [5, 5.41) is 3.02. The van der Waals surface area contributed by atoms with Gasteiger partial charge in [-0.2, -0.15) is 0 Å². The Bertz CT molecular complexity index is 426. The van der Waals surface area contributed by atoms with Crippen molar-refractivity contribution in [2.75, 3.05) is 19.7 Å². The number of nitrogens with two attached hydrogens (primary N) is 1. The first-order valence-corrected chi connectivity index (χ1v) is 6.22. The highest BCUT2D eigenvalue weighted by molar-refractivity contribution is 14.0. The normalized spacial score (nSPS) is 17.5. The summed E-state index contributed by atoms with van der Waals surface area (Å²) in [5.74, 6) is 2.01. The van der Waals surface area contributed by atoms with Crippen LogP contribution in [-0.2, 0) is 0 Å². The third-order valence-corrected chi connectivity index (χ3v) is 2.59. The monoisotopic (exact) mass is 377 g/mol. The van der Waals surface area contributed by atoms with E-state index in [0.717, 1.165) is 24.5 Å². The Kier molecular flexibility index (Phi) is 6.75. The molecule has 1 aromatic carbocycles. The van der Waals surface area contributed by atoms with Gasteiger partial charge < -0.3 is 20.5 Å². The molecule has 1 heterocycles. The fourth-order valence-electron chi connectivity index (χ4n) is 1.66. The summed E-state index contributed by atoms with van der Waals surface area (Å²) in [6.07, 6.45) is 0.939. The van der Waals surface area contributed by atoms with Crippen LogP contribution in [0.3, 0.4) is 0 Å². The van der Waals surface area contributed by atoms with Crippen LogP contribution in [-0.4, -0.2) is 31.8 Å². The van der Waals surface area contributed by atoms with E-state index in [1.54, 1.807) is 0 Å². The van der Waals surface area contributed by atoms with Crippen molar-refractivity contribution in [2.45, 2.75) is 19.4 Å². The van der Waals surface area contributed by atoms with E-state index in [9.17, 15) is 0 Å². The molecular formula is C13H20IN3O2. The van der Waals surface area contributed by atoms with Crippen LogP contribution in [0.1, 0.15) is 13.3 Å². The summed E-state index contributed by atoms with van der Waals surface area (Å²) in [7, 11) is 0. The molecule has 1 atom stereocenters. The second kappa shape index (κ2) is 8.08. The van der Waals surface area contributed by atoms with Crippen molar-refractivity contribution < 1.29 is 9.47 Å². The highest BCUT2D eigenvalue weighted by Gasteiger charge is 2.19. The van der Waals surface area contributed by atoms with Crippen LogP contribution in [0, 0.1) is 0 Å². The van der Waals surface area contributed by atoms with Gasteiger partial charge in [0.05, 0.1) is 6.54 Å². The van der Waals surface area contributed by atoms with Gasteiger partial charge in [-0.15, -0.1) is 24.0 Å². The number of para-hydroxylation sites is 2. The maximum absolute atomic E-state index is 5.77. The van der Waals surface area contributed by atoms with Crippen molar-refractivity contribution >= 4 is 29.9 Å². The van der Waals surface area contributed by atoms with Crippen LogP contribution >= 0.6 is 24.0 Å². The van der Waals surface area contributed by atoms with E-state index >= 15 is 0 Å². The van der Waals surface area contributed by atoms with E-state index in [2.05, 4.69) is 17.2 Å². The molecule has 0 fully saturated rings. The van der Waals surface area contributed by atoms with Crippen LogP contribution in [0.15, 0.2) is 29.3 Å². The first-order chi connectivity index (χ1) is 8.79. The van der Waals surface area contributed by atoms with Gasteiger partial charge in [0.15, 0.2) is 23.6 Å². The zero-order valence-corrected chi connectivity index (χ0v) is 13.3. The molecule has 1 aliphatic heterocycles. The lowest BCUT2D eigenvalue weighted by Gasteiger charge is -2.25. The number of ether oxygens (including phenoxy) is 2. The minimum atomic E-state index is -0.0816. The molecule has 19 heavy (non-hydrogen) atoms. The number of nitrogens with zero attached hydrogens (tertiary/aromatic N) is 1. The number of aliphatic imine (C=N–C) groups is 1. The number of fused-ring (bicyclic) bond motifs is 1. The molecule has 6 heteroatoms. The van der Waals surface area contributed by atoms with Crippen molar-refractivity contribution in [3.05, 3.63) is 24.3 Å². The van der Waals surface area contributed by atoms with Crippen molar-refractivity contribution in [1.29, 1.82) is 0 Å². The van der Waals surface area contributed by atoms with Crippen LogP contribution in [0.4, 0.5) is 0 Å². The third-order valence-electron chi connectivity index (χ3n) is 2.59. The van der Waals surface area contributed by atoms with Crippen LogP contribution < -0.4 is 20.5 Å². The van der Waals surface area contributed by atoms with Gasteiger partial charge in [0.2, 0.25) is 0 Å². The summed E-state index contributed by atoms with van der Waals surface area (Å²) in [6, 6.07) is 7.63. The first kappa shape index (κ1) is 15.9. The van der Waals surface area contributed by atoms with Gasteiger partial charge in [0.1, 0.15) is 6.61 Å². The number of nitrogens with one attached hydrogen (secondary N) is 1. The second-order valence-corrected chi connectivity index (χ2v) is 4.15. The van der Waals surface area contributed by atoms with Crippen LogP contribution in [0.5, 0.6) is 11.5 Å². The molecule has 0 amide bonds. The molecule has 1 aromatic rings. The number of rotatable bonds is 4. The molecule has 1 aliphatic rings. The van der Waals surface area contributed by atoms with E-state index in [1.807, 2.05) is 24.3 Å². The van der Waals surface area contributed by atoms with E-state index in [1.165, 1.54) is 0 Å². The number of benzene rings is 1. The van der Waals surface area contributed by atoms with Gasteiger partial charge in [0.25, 0.3) is 0 Å². The van der Waals surface area contributed by atoms with Crippen LogP contribution in [0.2, 0.25) is 0 Å². The smallest absolute Gasteiger partial charge is 0.188 e. The largest absolute Gasteiger partial charge is 0.486 e. The molecule has 0 saturated carbocycles. The maximum atomic E-state index is 5.77. The summed E-state index contributed by atoms with van der Waals surface area (Å²) in [4.78, 5) is 4.24. The molecule has 0 radical (unpaired) electrons. The molecule has 1 unspecified atom stereocenters. The van der Waals surface area contributed by atoms with E-state index in [4.69, 9.17) is 15.2 Å². The van der Waals surface area contributed by atoms with Gasteiger partial charge in [-0.1, -0.05) is 19.1 Å². The zero-order chi connectivity index (χ0) is 12.8. The maximum Gasteiger partial charge on any atom is 0.188 e. The number of hydrogen-bond acceptors (Lipinski definition) is 3. The molecule has 0 spiro atoms. The average Bonchev–Trinajstić information content (AvgIpc) is 2.42. The van der Waals surface area contributed by atoms with Gasteiger partial charge in [-0.25, -0.2) is 4.99 Å². The summed E-state index contributed by atoms with van der Waals surface area (Å²) >= 11 is 0. The Labute approximate surface area is 130 Å². The highest BCUT2D eigenvalue weighted by atomic mass is 127. The first-order valence-electron chi connectivity index (χ1n) is 6.22. The second-order valence-electron chi connectivity index (χ2n) is 4.15. The molecule has 0 saturated heterocycles. The predicted molar refractivity (Wildman–Crippen MR) is 86.6 cm³/mol. The van der Waals surface area contributed by atoms with Gasteiger partial charge in [-0.05, 0) is 18.6 Å². The minimum Gasteiger partial charge on any atom is -0.486 e. The fourth-order valence-corrected chi connectivity index (χ4v) is 1.66. The van der Waals surface area contributed by atoms with E-state index < -0.39 is 0 Å². The molecule has 3 N–H and O–H groups in total. The summed E-state index contributed by atoms with van der Waals surface area (Å²) < 4.78 is 11.4. The lowest BCUT2D eigenvalue weighted by Crippen LogP contribution is -2.36. The summed E-state index contributed by atoms with van der Waals surface area (Å²) in [5.41, 5.74) is 5.71. The van der Waals surface area contributed by atoms with Crippen molar-refractivity contribution in [3.63, 3.8) is 0 Å². The Balaban J connectivity index is 0.00000180. The molecular weight excluding hydrogens is 357 g/mol. The lowest BCUT2D eigenvalue weighted by atomic mass is 10.2. The van der Waals surface area contributed by atoms with Gasteiger partial charge in [0, 0.05) is 6.54 Å². The fraction of sp³-hybridized carbons (Fsp3) is 0.462. The van der Waals surface area contributed by atoms with Crippen LogP contribution in [0.25, 0.3) is 0 Å². The molecule has 106 valence electrons. The van der Waals surface area contributed by atoms with Crippen molar-refractivity contribution in [1.82, 2.24) is 5.32 Å². The number of hydrogen-bond donors (Lipinski definition) is 2. The minimum absolute atomic E-state index is 0. The number of halogens is 1. The van der Waals surface area contributed by atoms with E-state index in [0.29, 0.717) is 19.1 Å². The zero-order valence-electron chi connectivity index (χ0n) is 11.0.